The van der Waals surface area contributed by atoms with Crippen LogP contribution < -0.4 is 20.1 Å². The number of carbonyl (C=O) groups excluding carboxylic acids is 1. The van der Waals surface area contributed by atoms with Gasteiger partial charge in [-0.15, -0.1) is 0 Å². The first-order valence-electron chi connectivity index (χ1n) is 7.19. The number of rotatable bonds is 6. The Kier molecular flexibility index (Phi) is 5.83. The number of aromatic nitrogens is 2. The van der Waals surface area contributed by atoms with Gasteiger partial charge in [-0.25, -0.2) is 18.6 Å². The van der Waals surface area contributed by atoms with Crippen molar-refractivity contribution in [2.24, 2.45) is 0 Å². The maximum atomic E-state index is 13.5. The Balaban J connectivity index is 2.14. The standard InChI is InChI=1S/C15H16F2N4O3/c1-3-23-13-12(8-18-15(21-13)24-4-2)20-14(22)19-11-7-9(16)5-6-10(11)17/h5-8H,3-4H2,1-2H3,(H2,19,20,22). The fourth-order valence-electron chi connectivity index (χ4n) is 1.75. The van der Waals surface area contributed by atoms with Crippen molar-refractivity contribution in [3.05, 3.63) is 36.0 Å². The van der Waals surface area contributed by atoms with Crippen molar-refractivity contribution in [3.63, 3.8) is 0 Å². The quantitative estimate of drug-likeness (QED) is 0.845. The van der Waals surface area contributed by atoms with Crippen molar-refractivity contribution < 1.29 is 23.0 Å². The molecule has 0 spiro atoms. The average molecular weight is 338 g/mol. The maximum absolute atomic E-state index is 13.5. The highest BCUT2D eigenvalue weighted by Gasteiger charge is 2.14. The summed E-state index contributed by atoms with van der Waals surface area (Å²) in [5, 5.41) is 4.62. The van der Waals surface area contributed by atoms with Crippen LogP contribution >= 0.6 is 0 Å². The Morgan fingerprint density at radius 1 is 1.12 bits per heavy atom. The van der Waals surface area contributed by atoms with Crippen LogP contribution in [0, 0.1) is 11.6 Å². The van der Waals surface area contributed by atoms with Crippen molar-refractivity contribution in [3.8, 4) is 11.9 Å². The summed E-state index contributed by atoms with van der Waals surface area (Å²) in [6.45, 7) is 4.19. The number of benzene rings is 1. The van der Waals surface area contributed by atoms with Crippen molar-refractivity contribution in [2.45, 2.75) is 13.8 Å². The Bertz CT molecular complexity index is 728. The Morgan fingerprint density at radius 2 is 1.83 bits per heavy atom. The minimum absolute atomic E-state index is 0.100. The van der Waals surface area contributed by atoms with E-state index in [-0.39, 0.29) is 23.3 Å². The van der Waals surface area contributed by atoms with Gasteiger partial charge in [0.25, 0.3) is 0 Å². The van der Waals surface area contributed by atoms with Gasteiger partial charge in [0.1, 0.15) is 17.3 Å². The average Bonchev–Trinajstić information content (AvgIpc) is 2.54. The molecule has 0 aliphatic heterocycles. The van der Waals surface area contributed by atoms with Crippen LogP contribution in [0.25, 0.3) is 0 Å². The Morgan fingerprint density at radius 3 is 2.54 bits per heavy atom. The topological polar surface area (TPSA) is 85.4 Å². The van der Waals surface area contributed by atoms with E-state index in [1.807, 2.05) is 0 Å². The van der Waals surface area contributed by atoms with E-state index in [0.29, 0.717) is 13.2 Å². The minimum Gasteiger partial charge on any atom is -0.476 e. The smallest absolute Gasteiger partial charge is 0.323 e. The van der Waals surface area contributed by atoms with Crippen LogP contribution in [0.15, 0.2) is 24.4 Å². The molecule has 9 heteroatoms. The molecule has 0 saturated heterocycles. The summed E-state index contributed by atoms with van der Waals surface area (Å²) < 4.78 is 37.1. The van der Waals surface area contributed by atoms with E-state index >= 15 is 0 Å². The third kappa shape index (κ3) is 4.51. The van der Waals surface area contributed by atoms with Crippen molar-refractivity contribution in [2.75, 3.05) is 23.8 Å². The van der Waals surface area contributed by atoms with Crippen molar-refractivity contribution >= 4 is 17.4 Å². The van der Waals surface area contributed by atoms with Crippen molar-refractivity contribution in [1.82, 2.24) is 9.97 Å². The molecule has 2 N–H and O–H groups in total. The lowest BCUT2D eigenvalue weighted by Crippen LogP contribution is -2.21. The lowest BCUT2D eigenvalue weighted by Gasteiger charge is -2.12. The van der Waals surface area contributed by atoms with Gasteiger partial charge in [0, 0.05) is 6.07 Å². The van der Waals surface area contributed by atoms with Crippen LogP contribution in [0.1, 0.15) is 13.8 Å². The molecule has 0 aliphatic carbocycles. The monoisotopic (exact) mass is 338 g/mol. The number of hydrogen-bond acceptors (Lipinski definition) is 5. The summed E-state index contributed by atoms with van der Waals surface area (Å²) in [6, 6.07) is 2.03. The number of nitrogens with zero attached hydrogens (tertiary/aromatic N) is 2. The fraction of sp³-hybridized carbons (Fsp3) is 0.267. The van der Waals surface area contributed by atoms with Gasteiger partial charge < -0.3 is 20.1 Å². The number of nitrogens with one attached hydrogen (secondary N) is 2. The second-order valence-corrected chi connectivity index (χ2v) is 4.44. The van der Waals surface area contributed by atoms with E-state index in [4.69, 9.17) is 9.47 Å². The molecule has 0 saturated carbocycles. The lowest BCUT2D eigenvalue weighted by molar-refractivity contribution is 0.261. The second kappa shape index (κ2) is 8.04. The third-order valence-corrected chi connectivity index (χ3v) is 2.71. The van der Waals surface area contributed by atoms with Gasteiger partial charge in [-0.1, -0.05) is 0 Å². The number of ether oxygens (including phenoxy) is 2. The van der Waals surface area contributed by atoms with Crippen LogP contribution in [-0.4, -0.2) is 29.2 Å². The van der Waals surface area contributed by atoms with E-state index < -0.39 is 17.7 Å². The maximum Gasteiger partial charge on any atom is 0.323 e. The molecule has 0 atom stereocenters. The first-order chi connectivity index (χ1) is 11.5. The fourth-order valence-corrected chi connectivity index (χ4v) is 1.75. The number of anilines is 2. The van der Waals surface area contributed by atoms with E-state index in [0.717, 1.165) is 18.2 Å². The molecular weight excluding hydrogens is 322 g/mol. The Hall–Kier alpha value is -2.97. The Labute approximate surface area is 137 Å². The van der Waals surface area contributed by atoms with Gasteiger partial charge in [-0.3, -0.25) is 0 Å². The largest absolute Gasteiger partial charge is 0.476 e. The van der Waals surface area contributed by atoms with Crippen LogP contribution in [0.2, 0.25) is 0 Å². The van der Waals surface area contributed by atoms with E-state index in [1.165, 1.54) is 6.20 Å². The predicted octanol–water partition coefficient (Wildman–Crippen LogP) is 3.20. The number of urea groups is 1. The van der Waals surface area contributed by atoms with Gasteiger partial charge in [0.2, 0.25) is 5.88 Å². The molecule has 0 aliphatic rings. The molecule has 2 aromatic rings. The number of carbonyl (C=O) groups is 1. The molecule has 2 amide bonds. The second-order valence-electron chi connectivity index (χ2n) is 4.44. The molecule has 0 unspecified atom stereocenters. The highest BCUT2D eigenvalue weighted by atomic mass is 19.1. The molecule has 2 rings (SSSR count). The predicted molar refractivity (Wildman–Crippen MR) is 83.4 cm³/mol. The van der Waals surface area contributed by atoms with Gasteiger partial charge in [0.15, 0.2) is 0 Å². The molecule has 1 heterocycles. The van der Waals surface area contributed by atoms with Gasteiger partial charge in [-0.2, -0.15) is 4.98 Å². The summed E-state index contributed by atoms with van der Waals surface area (Å²) in [7, 11) is 0. The van der Waals surface area contributed by atoms with Gasteiger partial charge in [-0.05, 0) is 26.0 Å². The highest BCUT2D eigenvalue weighted by molar-refractivity contribution is 6.00. The molecule has 1 aromatic carbocycles. The molecule has 0 fully saturated rings. The van der Waals surface area contributed by atoms with E-state index in [2.05, 4.69) is 20.6 Å². The minimum atomic E-state index is -0.798. The molecule has 7 nitrogen and oxygen atoms in total. The number of amides is 2. The molecular formula is C15H16F2N4O3. The van der Waals surface area contributed by atoms with Crippen LogP contribution in [-0.2, 0) is 0 Å². The van der Waals surface area contributed by atoms with E-state index in [1.54, 1.807) is 13.8 Å². The number of halogens is 2. The zero-order valence-electron chi connectivity index (χ0n) is 13.1. The normalized spacial score (nSPS) is 10.2. The summed E-state index contributed by atoms with van der Waals surface area (Å²) >= 11 is 0. The molecule has 0 radical (unpaired) electrons. The zero-order chi connectivity index (χ0) is 17.5. The molecule has 24 heavy (non-hydrogen) atoms. The highest BCUT2D eigenvalue weighted by Crippen LogP contribution is 2.24. The lowest BCUT2D eigenvalue weighted by atomic mass is 10.3. The van der Waals surface area contributed by atoms with E-state index in [9.17, 15) is 13.6 Å². The van der Waals surface area contributed by atoms with Gasteiger partial charge in [0.05, 0.1) is 25.1 Å². The summed E-state index contributed by atoms with van der Waals surface area (Å²) in [5.74, 6) is -1.34. The molecule has 1 aromatic heterocycles. The molecule has 0 bridgehead atoms. The SMILES string of the molecule is CCOc1ncc(NC(=O)Nc2cc(F)ccc2F)c(OCC)n1. The third-order valence-electron chi connectivity index (χ3n) is 2.71. The first kappa shape index (κ1) is 17.4. The molecule has 128 valence electrons. The van der Waals surface area contributed by atoms with Crippen LogP contribution in [0.4, 0.5) is 25.0 Å². The van der Waals surface area contributed by atoms with Crippen LogP contribution in [0.3, 0.4) is 0 Å². The van der Waals surface area contributed by atoms with Gasteiger partial charge >= 0.3 is 12.0 Å². The first-order valence-corrected chi connectivity index (χ1v) is 7.19. The zero-order valence-corrected chi connectivity index (χ0v) is 13.1. The summed E-state index contributed by atoms with van der Waals surface area (Å²) in [4.78, 5) is 19.9. The number of hydrogen-bond donors (Lipinski definition) is 2. The summed E-state index contributed by atoms with van der Waals surface area (Å²) in [5.41, 5.74) is -0.132. The van der Waals surface area contributed by atoms with Crippen LogP contribution in [0.5, 0.6) is 11.9 Å². The van der Waals surface area contributed by atoms with Crippen molar-refractivity contribution in [1.29, 1.82) is 0 Å². The summed E-state index contributed by atoms with van der Waals surface area (Å²) in [6.07, 6.45) is 1.30.